The fourth-order valence-corrected chi connectivity index (χ4v) is 8.03. The number of amides is 1. The summed E-state index contributed by atoms with van der Waals surface area (Å²) in [5.41, 5.74) is 7.08. The van der Waals surface area contributed by atoms with Crippen molar-refractivity contribution in [1.29, 1.82) is 5.26 Å². The number of pyridine rings is 1. The predicted octanol–water partition coefficient (Wildman–Crippen LogP) is 5.21. The van der Waals surface area contributed by atoms with Gasteiger partial charge in [0.05, 0.1) is 11.0 Å². The summed E-state index contributed by atoms with van der Waals surface area (Å²) in [6, 6.07) is 6.43. The smallest absolute Gasteiger partial charge is 0.410 e. The third-order valence-electron chi connectivity index (χ3n) is 9.19. The summed E-state index contributed by atoms with van der Waals surface area (Å²) in [5, 5.41) is 14.9. The largest absolute Gasteiger partial charge is 0.490 e. The first kappa shape index (κ1) is 32.1. The molecular formula is C33H44N8O4S. The van der Waals surface area contributed by atoms with Gasteiger partial charge in [0.1, 0.15) is 40.0 Å². The number of likely N-dealkylation sites (tertiary alicyclic amines) is 1. The highest BCUT2D eigenvalue weighted by atomic mass is 32.1. The van der Waals surface area contributed by atoms with Crippen molar-refractivity contribution >= 4 is 28.2 Å². The van der Waals surface area contributed by atoms with Crippen LogP contribution in [0.5, 0.6) is 5.75 Å². The number of hydrogen-bond donors (Lipinski definition) is 1. The Kier molecular flexibility index (Phi) is 8.63. The summed E-state index contributed by atoms with van der Waals surface area (Å²) < 4.78 is 18.1. The zero-order chi connectivity index (χ0) is 32.8. The number of nitriles is 1. The molecule has 0 bridgehead atoms. The molecule has 2 atom stereocenters. The minimum Gasteiger partial charge on any atom is -0.490 e. The molecule has 1 aliphatic carbocycles. The maximum atomic E-state index is 12.6. The van der Waals surface area contributed by atoms with Crippen molar-refractivity contribution in [2.75, 3.05) is 50.4 Å². The van der Waals surface area contributed by atoms with Crippen LogP contribution >= 0.6 is 11.3 Å². The number of anilines is 2. The number of rotatable bonds is 5. The summed E-state index contributed by atoms with van der Waals surface area (Å²) >= 11 is 1.48. The van der Waals surface area contributed by atoms with Crippen LogP contribution in [0.2, 0.25) is 0 Å². The van der Waals surface area contributed by atoms with Crippen LogP contribution in [0.15, 0.2) is 16.7 Å². The summed E-state index contributed by atoms with van der Waals surface area (Å²) in [6.45, 7) is 13.7. The quantitative estimate of drug-likeness (QED) is 0.389. The Labute approximate surface area is 274 Å². The van der Waals surface area contributed by atoms with E-state index >= 15 is 0 Å². The number of thiophene rings is 1. The van der Waals surface area contributed by atoms with Crippen LogP contribution in [0, 0.1) is 11.3 Å². The number of ether oxygens (including phenoxy) is 2. The van der Waals surface area contributed by atoms with E-state index in [1.165, 1.54) is 11.3 Å². The molecule has 6 rings (SSSR count). The topological polar surface area (TPSA) is 147 Å². The highest BCUT2D eigenvalue weighted by molar-refractivity contribution is 7.16. The molecule has 2 fully saturated rings. The Balaban J connectivity index is 1.28. The van der Waals surface area contributed by atoms with E-state index in [4.69, 9.17) is 29.7 Å². The van der Waals surface area contributed by atoms with Crippen molar-refractivity contribution < 1.29 is 18.8 Å². The van der Waals surface area contributed by atoms with Gasteiger partial charge in [-0.2, -0.15) is 10.2 Å². The van der Waals surface area contributed by atoms with E-state index in [1.807, 2.05) is 32.9 Å². The van der Waals surface area contributed by atoms with Crippen LogP contribution in [-0.2, 0) is 16.6 Å². The number of carbonyl (C=O) groups excluding carboxylic acids is 1. The molecule has 3 aliphatic rings. The number of hydrogen-bond acceptors (Lipinski definition) is 12. The first-order valence-electron chi connectivity index (χ1n) is 16.1. The Morgan fingerprint density at radius 3 is 2.65 bits per heavy atom. The van der Waals surface area contributed by atoms with Gasteiger partial charge in [-0.25, -0.2) is 9.78 Å². The lowest BCUT2D eigenvalue weighted by Crippen LogP contribution is -2.50. The maximum Gasteiger partial charge on any atom is 0.410 e. The second-order valence-electron chi connectivity index (χ2n) is 14.0. The lowest BCUT2D eigenvalue weighted by molar-refractivity contribution is 0.0126. The lowest BCUT2D eigenvalue weighted by atomic mass is 9.72. The molecule has 3 aromatic rings. The highest BCUT2D eigenvalue weighted by Gasteiger charge is 2.43. The third kappa shape index (κ3) is 6.37. The number of aryl methyl sites for hydroxylation is 1. The number of likely N-dealkylation sites (N-methyl/N-ethyl adjacent to an activating group) is 1. The number of piperazine rings is 1. The molecule has 0 saturated carbocycles. The number of nitrogens with two attached hydrogens (primary N) is 1. The van der Waals surface area contributed by atoms with Crippen LogP contribution in [0.3, 0.4) is 0 Å². The molecule has 5 heterocycles. The van der Waals surface area contributed by atoms with Gasteiger partial charge < -0.3 is 34.4 Å². The second-order valence-corrected chi connectivity index (χ2v) is 15.1. The van der Waals surface area contributed by atoms with Gasteiger partial charge in [0.25, 0.3) is 0 Å². The molecular weight excluding hydrogens is 604 g/mol. The van der Waals surface area contributed by atoms with Crippen LogP contribution < -0.4 is 15.4 Å². The summed E-state index contributed by atoms with van der Waals surface area (Å²) in [4.78, 5) is 30.0. The predicted molar refractivity (Wildman–Crippen MR) is 176 cm³/mol. The number of nitrogens with zero attached hydrogens (tertiary/aromatic N) is 7. The van der Waals surface area contributed by atoms with E-state index in [1.54, 1.807) is 4.90 Å². The van der Waals surface area contributed by atoms with Gasteiger partial charge >= 0.3 is 6.09 Å². The Morgan fingerprint density at radius 2 is 1.96 bits per heavy atom. The van der Waals surface area contributed by atoms with Crippen molar-refractivity contribution in [3.05, 3.63) is 34.0 Å². The fraction of sp³-hybridized carbons (Fsp3) is 0.606. The minimum absolute atomic E-state index is 0.0689. The monoisotopic (exact) mass is 648 g/mol. The normalized spacial score (nSPS) is 22.8. The van der Waals surface area contributed by atoms with Crippen molar-refractivity contribution in [3.63, 3.8) is 0 Å². The van der Waals surface area contributed by atoms with Crippen molar-refractivity contribution in [3.8, 4) is 23.3 Å². The summed E-state index contributed by atoms with van der Waals surface area (Å²) in [5.74, 6) is 2.30. The van der Waals surface area contributed by atoms with Crippen molar-refractivity contribution in [2.24, 2.45) is 0 Å². The van der Waals surface area contributed by atoms with Crippen molar-refractivity contribution in [1.82, 2.24) is 24.9 Å². The molecule has 2 aliphatic heterocycles. The van der Waals surface area contributed by atoms with Crippen LogP contribution in [0.1, 0.15) is 82.2 Å². The Morgan fingerprint density at radius 1 is 1.20 bits per heavy atom. The van der Waals surface area contributed by atoms with Gasteiger partial charge in [-0.15, -0.1) is 11.3 Å². The van der Waals surface area contributed by atoms with E-state index < -0.39 is 11.0 Å². The van der Waals surface area contributed by atoms with Crippen LogP contribution in [0.25, 0.3) is 11.5 Å². The SMILES string of the molecule is C[C@H]1CN(C)CCN1c1cc(OC2CCN(C(=O)OC(C)(C)C)CC2)cc(-c2noc(C3(C)CCCc4sc(N)c(C#N)c43)n2)n1. The van der Waals surface area contributed by atoms with Gasteiger partial charge in [0, 0.05) is 74.2 Å². The molecule has 1 amide bonds. The average molecular weight is 649 g/mol. The van der Waals surface area contributed by atoms with E-state index in [9.17, 15) is 10.1 Å². The van der Waals surface area contributed by atoms with E-state index in [-0.39, 0.29) is 18.2 Å². The van der Waals surface area contributed by atoms with Gasteiger partial charge in [-0.1, -0.05) is 5.16 Å². The third-order valence-corrected chi connectivity index (χ3v) is 10.3. The van der Waals surface area contributed by atoms with Crippen LogP contribution in [-0.4, -0.2) is 88.5 Å². The summed E-state index contributed by atoms with van der Waals surface area (Å²) in [7, 11) is 2.13. The zero-order valence-electron chi connectivity index (χ0n) is 27.6. The Hall–Kier alpha value is -3.89. The Bertz CT molecular complexity index is 1630. The molecule has 13 heteroatoms. The highest BCUT2D eigenvalue weighted by Crippen LogP contribution is 2.48. The van der Waals surface area contributed by atoms with E-state index in [2.05, 4.69) is 41.9 Å². The van der Waals surface area contributed by atoms with Gasteiger partial charge in [0.2, 0.25) is 11.7 Å². The zero-order valence-corrected chi connectivity index (χ0v) is 28.4. The van der Waals surface area contributed by atoms with Gasteiger partial charge in [0.15, 0.2) is 0 Å². The molecule has 46 heavy (non-hydrogen) atoms. The first-order chi connectivity index (χ1) is 21.8. The molecule has 246 valence electrons. The van der Waals surface area contributed by atoms with Gasteiger partial charge in [-0.05, 0) is 60.9 Å². The molecule has 2 saturated heterocycles. The number of fused-ring (bicyclic) bond motifs is 1. The lowest BCUT2D eigenvalue weighted by Gasteiger charge is -2.39. The molecule has 0 aromatic carbocycles. The fourth-order valence-electron chi connectivity index (χ4n) is 6.84. The van der Waals surface area contributed by atoms with Crippen LogP contribution in [0.4, 0.5) is 15.6 Å². The standard InChI is InChI=1S/C33H44N8O4S/c1-20-19-39(6)14-15-41(20)26-17-22(43-21-9-12-40(13-10-21)31(42)44-32(2,3)4)16-24(36-26)29-37-30(45-38-29)33(5)11-7-8-25-27(33)23(18-34)28(35)46-25/h16-17,20-21H,7-15,19,35H2,1-6H3/t20-,33?/m0/s1. The number of aromatic nitrogens is 3. The molecule has 0 spiro atoms. The average Bonchev–Trinajstić information content (AvgIpc) is 3.62. The molecule has 3 aromatic heterocycles. The minimum atomic E-state index is -0.622. The molecule has 2 N–H and O–H groups in total. The van der Waals surface area contributed by atoms with Gasteiger partial charge in [-0.3, -0.25) is 0 Å². The maximum absolute atomic E-state index is 12.6. The first-order valence-corrected chi connectivity index (χ1v) is 16.9. The van der Waals surface area contributed by atoms with Crippen molar-refractivity contribution in [2.45, 2.75) is 89.9 Å². The molecule has 1 unspecified atom stereocenters. The van der Waals surface area contributed by atoms with E-state index in [0.717, 1.165) is 55.2 Å². The summed E-state index contributed by atoms with van der Waals surface area (Å²) in [6.07, 6.45) is 3.61. The molecule has 0 radical (unpaired) electrons. The molecule has 12 nitrogen and oxygen atoms in total. The van der Waals surface area contributed by atoms with E-state index in [0.29, 0.717) is 59.7 Å². The second kappa shape index (κ2) is 12.4. The number of nitrogen functional groups attached to an aromatic ring is 1. The number of carbonyl (C=O) groups is 1. The number of piperidine rings is 1.